The Bertz CT molecular complexity index is 1030. The number of aromatic nitrogens is 1. The monoisotopic (exact) mass is 448 g/mol. The fraction of sp³-hybridized carbons (Fsp3) is 0.286. The molecule has 0 spiro atoms. The SMILES string of the molecule is O=C(c1cc2c(F)cc(Br)cc2[nH]1)N1CCC(CO)(Cc2ccc(F)cc2)C1. The Balaban J connectivity index is 1.54. The normalized spacial score (nSPS) is 19.5. The van der Waals surface area contributed by atoms with E-state index in [1.54, 1.807) is 23.1 Å². The van der Waals surface area contributed by atoms with Gasteiger partial charge in [0.1, 0.15) is 17.3 Å². The third-order valence-corrected chi connectivity index (χ3v) is 5.89. The molecule has 0 aliphatic carbocycles. The van der Waals surface area contributed by atoms with Crippen molar-refractivity contribution in [3.05, 3.63) is 69.8 Å². The van der Waals surface area contributed by atoms with Crippen molar-refractivity contribution in [3.63, 3.8) is 0 Å². The molecule has 1 aliphatic heterocycles. The molecule has 146 valence electrons. The molecule has 1 fully saturated rings. The van der Waals surface area contributed by atoms with Gasteiger partial charge in [0.15, 0.2) is 0 Å². The first-order valence-corrected chi connectivity index (χ1v) is 9.81. The van der Waals surface area contributed by atoms with E-state index in [0.29, 0.717) is 47.0 Å². The Labute approximate surface area is 169 Å². The number of amides is 1. The number of rotatable bonds is 4. The molecule has 2 N–H and O–H groups in total. The van der Waals surface area contributed by atoms with Crippen LogP contribution < -0.4 is 0 Å². The van der Waals surface area contributed by atoms with Crippen molar-refractivity contribution in [1.29, 1.82) is 0 Å². The second kappa shape index (κ2) is 7.29. The molecule has 7 heteroatoms. The molecule has 2 heterocycles. The Hall–Kier alpha value is -2.25. The Kier molecular flexibility index (Phi) is 4.97. The average molecular weight is 449 g/mol. The number of benzene rings is 2. The highest BCUT2D eigenvalue weighted by Gasteiger charge is 2.40. The molecule has 0 saturated carbocycles. The molecule has 1 saturated heterocycles. The maximum absolute atomic E-state index is 14.1. The van der Waals surface area contributed by atoms with E-state index >= 15 is 0 Å². The Morgan fingerprint density at radius 3 is 2.68 bits per heavy atom. The third-order valence-electron chi connectivity index (χ3n) is 5.44. The van der Waals surface area contributed by atoms with E-state index in [4.69, 9.17) is 0 Å². The Morgan fingerprint density at radius 1 is 1.21 bits per heavy atom. The van der Waals surface area contributed by atoms with Gasteiger partial charge in [0.05, 0.1) is 12.1 Å². The molecule has 1 aromatic heterocycles. The van der Waals surface area contributed by atoms with Gasteiger partial charge in [-0.2, -0.15) is 0 Å². The summed E-state index contributed by atoms with van der Waals surface area (Å²) in [6.45, 7) is 0.825. The molecule has 1 atom stereocenters. The largest absolute Gasteiger partial charge is 0.396 e. The van der Waals surface area contributed by atoms with Crippen LogP contribution in [0.5, 0.6) is 0 Å². The van der Waals surface area contributed by atoms with Crippen molar-refractivity contribution in [2.75, 3.05) is 19.7 Å². The van der Waals surface area contributed by atoms with Crippen LogP contribution in [0.3, 0.4) is 0 Å². The van der Waals surface area contributed by atoms with Crippen molar-refractivity contribution in [3.8, 4) is 0 Å². The number of aliphatic hydroxyl groups is 1. The summed E-state index contributed by atoms with van der Waals surface area (Å²) in [5.41, 5.74) is 1.33. The van der Waals surface area contributed by atoms with Gasteiger partial charge in [-0.1, -0.05) is 28.1 Å². The third kappa shape index (κ3) is 3.56. The summed E-state index contributed by atoms with van der Waals surface area (Å²) in [7, 11) is 0. The maximum atomic E-state index is 14.1. The van der Waals surface area contributed by atoms with Gasteiger partial charge in [-0.3, -0.25) is 4.79 Å². The van der Waals surface area contributed by atoms with Crippen molar-refractivity contribution < 1.29 is 18.7 Å². The van der Waals surface area contributed by atoms with Crippen LogP contribution in [-0.2, 0) is 6.42 Å². The van der Waals surface area contributed by atoms with Crippen LogP contribution in [0.15, 0.2) is 46.9 Å². The number of H-pyrrole nitrogens is 1. The number of hydrogen-bond donors (Lipinski definition) is 2. The van der Waals surface area contributed by atoms with Crippen LogP contribution in [0.25, 0.3) is 10.9 Å². The number of halogens is 3. The zero-order valence-corrected chi connectivity index (χ0v) is 16.6. The summed E-state index contributed by atoms with van der Waals surface area (Å²) in [4.78, 5) is 17.6. The lowest BCUT2D eigenvalue weighted by atomic mass is 9.81. The van der Waals surface area contributed by atoms with E-state index < -0.39 is 11.2 Å². The number of carbonyl (C=O) groups excluding carboxylic acids is 1. The van der Waals surface area contributed by atoms with Gasteiger partial charge in [0.2, 0.25) is 0 Å². The van der Waals surface area contributed by atoms with Crippen molar-refractivity contribution in [1.82, 2.24) is 9.88 Å². The lowest BCUT2D eigenvalue weighted by Gasteiger charge is -2.27. The molecule has 1 aliphatic rings. The van der Waals surface area contributed by atoms with Crippen LogP contribution in [-0.4, -0.2) is 40.6 Å². The van der Waals surface area contributed by atoms with Crippen LogP contribution in [0.1, 0.15) is 22.5 Å². The van der Waals surface area contributed by atoms with Crippen LogP contribution in [0.4, 0.5) is 8.78 Å². The zero-order chi connectivity index (χ0) is 19.9. The van der Waals surface area contributed by atoms with Crippen molar-refractivity contribution >= 4 is 32.7 Å². The van der Waals surface area contributed by atoms with Crippen molar-refractivity contribution in [2.45, 2.75) is 12.8 Å². The summed E-state index contributed by atoms with van der Waals surface area (Å²) < 4.78 is 27.8. The predicted molar refractivity (Wildman–Crippen MR) is 106 cm³/mol. The molecule has 0 bridgehead atoms. The summed E-state index contributed by atoms with van der Waals surface area (Å²) >= 11 is 3.25. The van der Waals surface area contributed by atoms with E-state index in [2.05, 4.69) is 20.9 Å². The lowest BCUT2D eigenvalue weighted by molar-refractivity contribution is 0.0735. The van der Waals surface area contributed by atoms with E-state index in [1.165, 1.54) is 24.3 Å². The molecular weight excluding hydrogens is 430 g/mol. The first-order valence-electron chi connectivity index (χ1n) is 9.01. The number of carbonyl (C=O) groups is 1. The molecule has 28 heavy (non-hydrogen) atoms. The smallest absolute Gasteiger partial charge is 0.270 e. The van der Waals surface area contributed by atoms with Crippen LogP contribution >= 0.6 is 15.9 Å². The first kappa shape index (κ1) is 19.1. The second-order valence-corrected chi connectivity index (χ2v) is 8.39. The van der Waals surface area contributed by atoms with E-state index in [-0.39, 0.29) is 18.3 Å². The molecular formula is C21H19BrF2N2O2. The number of nitrogens with zero attached hydrogens (tertiary/aromatic N) is 1. The fourth-order valence-electron chi connectivity index (χ4n) is 3.92. The molecule has 4 rings (SSSR count). The topological polar surface area (TPSA) is 56.3 Å². The molecule has 0 radical (unpaired) electrons. The molecule has 4 nitrogen and oxygen atoms in total. The van der Waals surface area contributed by atoms with E-state index in [1.807, 2.05) is 0 Å². The molecule has 2 aromatic carbocycles. The number of hydrogen-bond acceptors (Lipinski definition) is 2. The van der Waals surface area contributed by atoms with E-state index in [0.717, 1.165) is 5.56 Å². The number of likely N-dealkylation sites (tertiary alicyclic amines) is 1. The Morgan fingerprint density at radius 2 is 1.96 bits per heavy atom. The van der Waals surface area contributed by atoms with Gasteiger partial charge in [-0.15, -0.1) is 0 Å². The minimum Gasteiger partial charge on any atom is -0.396 e. The standard InChI is InChI=1S/C21H19BrF2N2O2/c22-14-7-17(24)16-9-19(25-18(16)8-14)20(28)26-6-5-21(11-26,12-27)10-13-1-3-15(23)4-2-13/h1-4,7-9,25,27H,5-6,10-12H2. The minimum atomic E-state index is -0.465. The minimum absolute atomic E-state index is 0.0670. The second-order valence-electron chi connectivity index (χ2n) is 7.47. The van der Waals surface area contributed by atoms with Crippen LogP contribution in [0.2, 0.25) is 0 Å². The summed E-state index contributed by atoms with van der Waals surface area (Å²) in [6.07, 6.45) is 1.20. The number of nitrogens with one attached hydrogen (secondary N) is 1. The van der Waals surface area contributed by atoms with Crippen LogP contribution in [0, 0.1) is 17.0 Å². The fourth-order valence-corrected chi connectivity index (χ4v) is 4.35. The van der Waals surface area contributed by atoms with Gasteiger partial charge in [0, 0.05) is 28.4 Å². The average Bonchev–Trinajstić information content (AvgIpc) is 3.28. The maximum Gasteiger partial charge on any atom is 0.270 e. The number of aromatic amines is 1. The summed E-state index contributed by atoms with van der Waals surface area (Å²) in [5.74, 6) is -0.925. The van der Waals surface area contributed by atoms with Gasteiger partial charge in [-0.25, -0.2) is 8.78 Å². The quantitative estimate of drug-likeness (QED) is 0.625. The lowest BCUT2D eigenvalue weighted by Crippen LogP contribution is -2.35. The molecule has 3 aromatic rings. The summed E-state index contributed by atoms with van der Waals surface area (Å²) in [6, 6.07) is 10.8. The molecule has 1 unspecified atom stereocenters. The van der Waals surface area contributed by atoms with Gasteiger partial charge in [0.25, 0.3) is 5.91 Å². The molecule has 1 amide bonds. The number of fused-ring (bicyclic) bond motifs is 1. The van der Waals surface area contributed by atoms with Gasteiger partial charge >= 0.3 is 0 Å². The summed E-state index contributed by atoms with van der Waals surface area (Å²) in [5, 5.41) is 10.4. The highest BCUT2D eigenvalue weighted by atomic mass is 79.9. The van der Waals surface area contributed by atoms with E-state index in [9.17, 15) is 18.7 Å². The predicted octanol–water partition coefficient (Wildman–Crippen LogP) is 4.28. The van der Waals surface area contributed by atoms with Gasteiger partial charge in [-0.05, 0) is 48.7 Å². The highest BCUT2D eigenvalue weighted by molar-refractivity contribution is 9.10. The van der Waals surface area contributed by atoms with Gasteiger partial charge < -0.3 is 15.0 Å². The zero-order valence-electron chi connectivity index (χ0n) is 15.0. The number of aliphatic hydroxyl groups excluding tert-OH is 1. The highest BCUT2D eigenvalue weighted by Crippen LogP contribution is 2.35. The van der Waals surface area contributed by atoms with Crippen molar-refractivity contribution in [2.24, 2.45) is 5.41 Å². The first-order chi connectivity index (χ1) is 13.4.